The molecule has 70 heavy (non-hydrogen) atoms. The van der Waals surface area contributed by atoms with Gasteiger partial charge in [-0.15, -0.1) is 0 Å². The molecule has 4 atom stereocenters. The molecule has 1 heterocycles. The molecule has 1 aromatic carbocycles. The molecule has 1 aliphatic heterocycles. The maximum Gasteiger partial charge on any atom is 0.331 e. The van der Waals surface area contributed by atoms with Gasteiger partial charge in [0.1, 0.15) is 58.0 Å². The van der Waals surface area contributed by atoms with Crippen molar-refractivity contribution in [2.45, 2.75) is 199 Å². The van der Waals surface area contributed by atoms with Crippen LogP contribution in [0.4, 0.5) is 0 Å². The standard InChI is InChI=1S/C48H77N9O11S2/c1-28(49-33(58)24-20-19-23-32-25-26-69-70-32)34(59)52-45(8,9)39(64)55-43(4,5)37(62)50-29(2)35(60)53-46(10,11)40(65)56-44(6,7)38(63)51-30(3)36(61)54-47(12,13)41(66)57-48(14,15)42(67)68-27-31-21-17-16-18-22-31/h16-18,21-22,28-30,32H,19-20,23-27H2,1-15H3,(H,49,58)(H,50,62)(H,51,63)(H,52,59)(H,53,60)(H,54,61)(H,55,64)(H,56,65)(H,57,66)/t28-,29-,30-,32?/m0/s1. The minimum atomic E-state index is -1.65. The molecular formula is C48H77N9O11S2. The highest BCUT2D eigenvalue weighted by atomic mass is 33.1. The van der Waals surface area contributed by atoms with Crippen LogP contribution < -0.4 is 47.9 Å². The molecule has 0 spiro atoms. The summed E-state index contributed by atoms with van der Waals surface area (Å²) in [6.45, 7) is 21.2. The molecule has 2 rings (SSSR count). The third-order valence-corrected chi connectivity index (χ3v) is 14.3. The maximum atomic E-state index is 13.5. The Labute approximate surface area is 420 Å². The quantitative estimate of drug-likeness (QED) is 0.0387. The van der Waals surface area contributed by atoms with Crippen molar-refractivity contribution in [1.82, 2.24) is 47.9 Å². The average molecular weight is 1020 g/mol. The van der Waals surface area contributed by atoms with Crippen molar-refractivity contribution in [2.24, 2.45) is 0 Å². The SMILES string of the molecule is C[C@H](NC(=O)CCCCC1CCSS1)C(=O)NC(C)(C)C(=O)NC(C)(C)C(=O)N[C@@H](C)C(=O)NC(C)(C)C(=O)NC(C)(C)C(=O)N[C@@H](C)C(=O)NC(C)(C)C(=O)NC(C)(C)C(=O)OCc1ccccc1. The Balaban J connectivity index is 1.89. The average Bonchev–Trinajstić information content (AvgIpc) is 3.77. The molecule has 0 aliphatic carbocycles. The van der Waals surface area contributed by atoms with Gasteiger partial charge in [0, 0.05) is 17.4 Å². The second kappa shape index (κ2) is 25.1. The van der Waals surface area contributed by atoms with E-state index < -0.39 is 105 Å². The number of unbranched alkanes of at least 4 members (excludes halogenated alkanes) is 1. The van der Waals surface area contributed by atoms with Crippen LogP contribution in [0.15, 0.2) is 30.3 Å². The molecule has 9 amide bonds. The van der Waals surface area contributed by atoms with Gasteiger partial charge >= 0.3 is 5.97 Å². The molecule has 20 nitrogen and oxygen atoms in total. The molecule has 1 saturated heterocycles. The van der Waals surface area contributed by atoms with Crippen molar-refractivity contribution in [1.29, 1.82) is 0 Å². The van der Waals surface area contributed by atoms with Crippen molar-refractivity contribution in [3.63, 3.8) is 0 Å². The van der Waals surface area contributed by atoms with E-state index in [0.717, 1.165) is 24.2 Å². The Kier molecular flexibility index (Phi) is 21.8. The predicted octanol–water partition coefficient (Wildman–Crippen LogP) is 2.33. The zero-order chi connectivity index (χ0) is 53.6. The molecule has 1 aromatic rings. The summed E-state index contributed by atoms with van der Waals surface area (Å²) in [6.07, 6.45) is 4.11. The molecule has 392 valence electrons. The second-order valence-corrected chi connectivity index (χ2v) is 23.7. The van der Waals surface area contributed by atoms with Crippen molar-refractivity contribution in [3.05, 3.63) is 35.9 Å². The smallest absolute Gasteiger partial charge is 0.331 e. The van der Waals surface area contributed by atoms with Crippen molar-refractivity contribution < 1.29 is 52.7 Å². The van der Waals surface area contributed by atoms with E-state index in [0.29, 0.717) is 11.7 Å². The van der Waals surface area contributed by atoms with Crippen LogP contribution in [0.25, 0.3) is 0 Å². The second-order valence-electron chi connectivity index (χ2n) is 20.9. The van der Waals surface area contributed by atoms with E-state index in [-0.39, 0.29) is 18.9 Å². The summed E-state index contributed by atoms with van der Waals surface area (Å²) in [6, 6.07) is 5.63. The third-order valence-electron chi connectivity index (χ3n) is 11.3. The monoisotopic (exact) mass is 1020 g/mol. The molecule has 1 fully saturated rings. The Hall–Kier alpha value is -5.38. The molecule has 0 saturated carbocycles. The first kappa shape index (κ1) is 60.7. The van der Waals surface area contributed by atoms with E-state index in [2.05, 4.69) is 47.9 Å². The molecule has 0 aromatic heterocycles. The first-order valence-electron chi connectivity index (χ1n) is 23.4. The minimum absolute atomic E-state index is 0.00411. The number of ether oxygens (including phenoxy) is 1. The number of benzene rings is 1. The van der Waals surface area contributed by atoms with Crippen molar-refractivity contribution >= 4 is 80.7 Å². The summed E-state index contributed by atoms with van der Waals surface area (Å²) in [5, 5.41) is 23.8. The van der Waals surface area contributed by atoms with Crippen LogP contribution >= 0.6 is 21.6 Å². The first-order chi connectivity index (χ1) is 32.0. The molecule has 0 radical (unpaired) electrons. The zero-order valence-electron chi connectivity index (χ0n) is 43.5. The summed E-state index contributed by atoms with van der Waals surface area (Å²) in [5.41, 5.74) is -8.66. The third kappa shape index (κ3) is 19.1. The molecule has 9 N–H and O–H groups in total. The lowest BCUT2D eigenvalue weighted by Gasteiger charge is -2.34. The van der Waals surface area contributed by atoms with Crippen LogP contribution in [0.3, 0.4) is 0 Å². The van der Waals surface area contributed by atoms with Gasteiger partial charge < -0.3 is 52.6 Å². The van der Waals surface area contributed by atoms with Gasteiger partial charge in [-0.05, 0) is 129 Å². The fourth-order valence-electron chi connectivity index (χ4n) is 6.29. The molecular weight excluding hydrogens is 943 g/mol. The van der Waals surface area contributed by atoms with E-state index in [9.17, 15) is 47.9 Å². The normalized spacial score (nSPS) is 15.7. The molecule has 1 aliphatic rings. The van der Waals surface area contributed by atoms with Gasteiger partial charge in [-0.3, -0.25) is 43.2 Å². The van der Waals surface area contributed by atoms with E-state index in [1.54, 1.807) is 24.3 Å². The largest absolute Gasteiger partial charge is 0.459 e. The summed E-state index contributed by atoms with van der Waals surface area (Å²) in [5.74, 6) is -5.70. The van der Waals surface area contributed by atoms with Gasteiger partial charge in [0.2, 0.25) is 53.2 Å². The highest BCUT2D eigenvalue weighted by Crippen LogP contribution is 2.40. The van der Waals surface area contributed by atoms with Gasteiger partial charge in [0.15, 0.2) is 0 Å². The minimum Gasteiger partial charge on any atom is -0.459 e. The van der Waals surface area contributed by atoms with Gasteiger partial charge in [0.25, 0.3) is 0 Å². The lowest BCUT2D eigenvalue weighted by Crippen LogP contribution is -2.67. The highest BCUT2D eigenvalue weighted by molar-refractivity contribution is 8.77. The summed E-state index contributed by atoms with van der Waals surface area (Å²) < 4.78 is 5.37. The number of esters is 1. The topological polar surface area (TPSA) is 288 Å². The number of hydrogen-bond donors (Lipinski definition) is 9. The van der Waals surface area contributed by atoms with E-state index in [4.69, 9.17) is 4.74 Å². The number of carbonyl (C=O) groups is 10. The number of hydrogen-bond acceptors (Lipinski definition) is 13. The fourth-order valence-corrected chi connectivity index (χ4v) is 9.32. The maximum absolute atomic E-state index is 13.5. The van der Waals surface area contributed by atoms with E-state index in [1.807, 2.05) is 27.7 Å². The summed E-state index contributed by atoms with van der Waals surface area (Å²) in [7, 11) is 3.76. The zero-order valence-corrected chi connectivity index (χ0v) is 45.1. The number of carbonyl (C=O) groups excluding carboxylic acids is 10. The van der Waals surface area contributed by atoms with E-state index >= 15 is 0 Å². The van der Waals surface area contributed by atoms with Gasteiger partial charge in [-0.2, -0.15) is 0 Å². The Bertz CT molecular complexity index is 2090. The van der Waals surface area contributed by atoms with Crippen LogP contribution in [-0.2, 0) is 59.3 Å². The number of amides is 9. The van der Waals surface area contributed by atoms with Crippen LogP contribution in [-0.4, -0.2) is 121 Å². The summed E-state index contributed by atoms with van der Waals surface area (Å²) >= 11 is 0. The molecule has 1 unspecified atom stereocenters. The molecule has 22 heteroatoms. The van der Waals surface area contributed by atoms with E-state index in [1.165, 1.54) is 110 Å². The first-order valence-corrected chi connectivity index (χ1v) is 25.8. The Morgan fingerprint density at radius 1 is 0.529 bits per heavy atom. The predicted molar refractivity (Wildman–Crippen MR) is 269 cm³/mol. The number of rotatable bonds is 25. The van der Waals surface area contributed by atoms with Gasteiger partial charge in [-0.1, -0.05) is 58.3 Å². The summed E-state index contributed by atoms with van der Waals surface area (Å²) in [4.78, 5) is 132. The lowest BCUT2D eigenvalue weighted by atomic mass is 9.97. The van der Waals surface area contributed by atoms with Crippen LogP contribution in [0, 0.1) is 0 Å². The van der Waals surface area contributed by atoms with Crippen LogP contribution in [0.2, 0.25) is 0 Å². The van der Waals surface area contributed by atoms with Crippen LogP contribution in [0.5, 0.6) is 0 Å². The Morgan fingerprint density at radius 2 is 0.914 bits per heavy atom. The fraction of sp³-hybridized carbons (Fsp3) is 0.667. The number of nitrogens with one attached hydrogen (secondary N) is 9. The van der Waals surface area contributed by atoms with Crippen molar-refractivity contribution in [2.75, 3.05) is 5.75 Å². The van der Waals surface area contributed by atoms with Gasteiger partial charge in [-0.25, -0.2) is 4.79 Å². The van der Waals surface area contributed by atoms with Crippen LogP contribution in [0.1, 0.15) is 142 Å². The Morgan fingerprint density at radius 3 is 1.31 bits per heavy atom. The van der Waals surface area contributed by atoms with Crippen molar-refractivity contribution in [3.8, 4) is 0 Å². The highest BCUT2D eigenvalue weighted by Gasteiger charge is 2.42. The lowest BCUT2D eigenvalue weighted by molar-refractivity contribution is -0.154. The van der Waals surface area contributed by atoms with Gasteiger partial charge in [0.05, 0.1) is 0 Å². The molecule has 0 bridgehead atoms.